The lowest BCUT2D eigenvalue weighted by Gasteiger charge is -2.22. The van der Waals surface area contributed by atoms with Crippen molar-refractivity contribution in [1.82, 2.24) is 9.80 Å². The van der Waals surface area contributed by atoms with E-state index in [2.05, 4.69) is 15.9 Å². The summed E-state index contributed by atoms with van der Waals surface area (Å²) in [6, 6.07) is 3.62. The molecule has 0 saturated carbocycles. The number of rotatable bonds is 5. The van der Waals surface area contributed by atoms with E-state index in [0.717, 1.165) is 10.2 Å². The van der Waals surface area contributed by atoms with Crippen molar-refractivity contribution in [3.05, 3.63) is 20.8 Å². The Morgan fingerprint density at radius 3 is 2.44 bits per heavy atom. The summed E-state index contributed by atoms with van der Waals surface area (Å²) in [6.45, 7) is 2.72. The molecule has 1 rings (SSSR count). The van der Waals surface area contributed by atoms with E-state index in [1.54, 1.807) is 25.1 Å². The highest BCUT2D eigenvalue weighted by Crippen LogP contribution is 2.23. The van der Waals surface area contributed by atoms with E-state index in [9.17, 15) is 9.59 Å². The molecule has 0 aliphatic carbocycles. The number of halogens is 1. The van der Waals surface area contributed by atoms with Crippen LogP contribution in [0.3, 0.4) is 0 Å². The molecule has 0 saturated heterocycles. The number of likely N-dealkylation sites (N-methyl/N-ethyl adjacent to an activating group) is 1. The highest BCUT2D eigenvalue weighted by atomic mass is 79.9. The Bertz CT molecular complexity index is 431. The van der Waals surface area contributed by atoms with Gasteiger partial charge in [0.15, 0.2) is 0 Å². The van der Waals surface area contributed by atoms with Crippen molar-refractivity contribution in [2.75, 3.05) is 27.2 Å². The fourth-order valence-electron chi connectivity index (χ4n) is 1.41. The third kappa shape index (κ3) is 4.10. The largest absolute Gasteiger partial charge is 0.347 e. The fourth-order valence-corrected chi connectivity index (χ4v) is 2.77. The molecular weight excluding hydrogens is 316 g/mol. The molecule has 6 heteroatoms. The van der Waals surface area contributed by atoms with Gasteiger partial charge in [0.25, 0.3) is 5.91 Å². The molecule has 0 bridgehead atoms. The summed E-state index contributed by atoms with van der Waals surface area (Å²) in [5.74, 6) is -0.143. The molecule has 2 amide bonds. The molecule has 1 aromatic rings. The summed E-state index contributed by atoms with van der Waals surface area (Å²) in [5.41, 5.74) is 0. The topological polar surface area (TPSA) is 40.6 Å². The zero-order valence-electron chi connectivity index (χ0n) is 10.8. The SMILES string of the molecule is CCCN(CC(=O)N(C)C)C(=O)c1ccc(Br)s1. The normalized spacial score (nSPS) is 10.2. The molecule has 0 fully saturated rings. The van der Waals surface area contributed by atoms with Gasteiger partial charge < -0.3 is 9.80 Å². The second kappa shape index (κ2) is 6.89. The molecule has 1 heterocycles. The molecular formula is C12H17BrN2O2S. The lowest BCUT2D eigenvalue weighted by Crippen LogP contribution is -2.40. The number of carbonyl (C=O) groups is 2. The lowest BCUT2D eigenvalue weighted by atomic mass is 10.3. The van der Waals surface area contributed by atoms with Gasteiger partial charge in [-0.2, -0.15) is 0 Å². The van der Waals surface area contributed by atoms with Gasteiger partial charge in [-0.05, 0) is 34.5 Å². The molecule has 0 aliphatic rings. The van der Waals surface area contributed by atoms with Crippen molar-refractivity contribution in [1.29, 1.82) is 0 Å². The maximum Gasteiger partial charge on any atom is 0.264 e. The van der Waals surface area contributed by atoms with Crippen molar-refractivity contribution in [3.8, 4) is 0 Å². The van der Waals surface area contributed by atoms with Crippen molar-refractivity contribution in [2.45, 2.75) is 13.3 Å². The molecule has 0 aliphatic heterocycles. The van der Waals surface area contributed by atoms with Gasteiger partial charge in [-0.15, -0.1) is 11.3 Å². The first-order chi connectivity index (χ1) is 8.45. The van der Waals surface area contributed by atoms with Crippen molar-refractivity contribution in [2.24, 2.45) is 0 Å². The standard InChI is InChI=1S/C12H17BrN2O2S/c1-4-7-15(8-11(16)14(2)3)12(17)9-5-6-10(13)18-9/h5-6H,4,7-8H2,1-3H3. The molecule has 100 valence electrons. The number of hydrogen-bond acceptors (Lipinski definition) is 3. The Hall–Kier alpha value is -0.880. The van der Waals surface area contributed by atoms with Crippen molar-refractivity contribution in [3.63, 3.8) is 0 Å². The van der Waals surface area contributed by atoms with E-state index >= 15 is 0 Å². The number of hydrogen-bond donors (Lipinski definition) is 0. The van der Waals surface area contributed by atoms with Gasteiger partial charge in [-0.25, -0.2) is 0 Å². The van der Waals surface area contributed by atoms with E-state index in [-0.39, 0.29) is 18.4 Å². The first kappa shape index (κ1) is 15.2. The van der Waals surface area contributed by atoms with Crippen LogP contribution in [0.4, 0.5) is 0 Å². The maximum atomic E-state index is 12.3. The highest BCUT2D eigenvalue weighted by molar-refractivity contribution is 9.11. The van der Waals surface area contributed by atoms with Gasteiger partial charge in [0.2, 0.25) is 5.91 Å². The fraction of sp³-hybridized carbons (Fsp3) is 0.500. The van der Waals surface area contributed by atoms with Gasteiger partial charge in [-0.1, -0.05) is 6.92 Å². The van der Waals surface area contributed by atoms with Gasteiger partial charge in [0.05, 0.1) is 8.66 Å². The zero-order valence-corrected chi connectivity index (χ0v) is 13.2. The first-order valence-corrected chi connectivity index (χ1v) is 7.31. The quantitative estimate of drug-likeness (QED) is 0.830. The Morgan fingerprint density at radius 2 is 2.00 bits per heavy atom. The van der Waals surface area contributed by atoms with Crippen LogP contribution in [-0.4, -0.2) is 48.8 Å². The summed E-state index contributed by atoms with van der Waals surface area (Å²) >= 11 is 4.72. The third-order valence-electron chi connectivity index (χ3n) is 2.39. The molecule has 0 N–H and O–H groups in total. The minimum Gasteiger partial charge on any atom is -0.347 e. The summed E-state index contributed by atoms with van der Waals surface area (Å²) in [6.07, 6.45) is 0.832. The first-order valence-electron chi connectivity index (χ1n) is 5.70. The number of nitrogens with zero attached hydrogens (tertiary/aromatic N) is 2. The second-order valence-corrected chi connectivity index (χ2v) is 6.58. The van der Waals surface area contributed by atoms with Crippen LogP contribution in [0.5, 0.6) is 0 Å². The number of thiophene rings is 1. The van der Waals surface area contributed by atoms with Crippen LogP contribution in [0.15, 0.2) is 15.9 Å². The van der Waals surface area contributed by atoms with E-state index < -0.39 is 0 Å². The number of amides is 2. The summed E-state index contributed by atoms with van der Waals surface area (Å²) < 4.78 is 0.918. The maximum absolute atomic E-state index is 12.3. The van der Waals surface area contributed by atoms with E-state index in [1.165, 1.54) is 16.2 Å². The number of carbonyl (C=O) groups excluding carboxylic acids is 2. The Kier molecular flexibility index (Phi) is 5.81. The minimum absolute atomic E-state index is 0.0626. The highest BCUT2D eigenvalue weighted by Gasteiger charge is 2.20. The molecule has 0 spiro atoms. The van der Waals surface area contributed by atoms with E-state index in [0.29, 0.717) is 11.4 Å². The molecule has 18 heavy (non-hydrogen) atoms. The average Bonchev–Trinajstić information content (AvgIpc) is 2.74. The van der Waals surface area contributed by atoms with Crippen molar-refractivity contribution < 1.29 is 9.59 Å². The van der Waals surface area contributed by atoms with Gasteiger partial charge in [0, 0.05) is 20.6 Å². The van der Waals surface area contributed by atoms with Gasteiger partial charge in [-0.3, -0.25) is 9.59 Å². The summed E-state index contributed by atoms with van der Waals surface area (Å²) in [4.78, 5) is 27.7. The average molecular weight is 333 g/mol. The van der Waals surface area contributed by atoms with Crippen LogP contribution < -0.4 is 0 Å². The third-order valence-corrected chi connectivity index (χ3v) is 4.00. The van der Waals surface area contributed by atoms with Crippen LogP contribution in [0.25, 0.3) is 0 Å². The Balaban J connectivity index is 2.78. The van der Waals surface area contributed by atoms with Crippen LogP contribution in [0.1, 0.15) is 23.0 Å². The zero-order chi connectivity index (χ0) is 13.7. The van der Waals surface area contributed by atoms with Gasteiger partial charge >= 0.3 is 0 Å². The predicted octanol–water partition coefficient (Wildman–Crippen LogP) is 2.45. The Morgan fingerprint density at radius 1 is 1.33 bits per heavy atom. The molecule has 0 atom stereocenters. The van der Waals surface area contributed by atoms with Crippen LogP contribution in [0, 0.1) is 0 Å². The summed E-state index contributed by atoms with van der Waals surface area (Å²) in [5, 5.41) is 0. The second-order valence-electron chi connectivity index (χ2n) is 4.12. The van der Waals surface area contributed by atoms with Crippen LogP contribution >= 0.6 is 27.3 Å². The Labute approximate surface area is 120 Å². The van der Waals surface area contributed by atoms with Gasteiger partial charge in [0.1, 0.15) is 6.54 Å². The van der Waals surface area contributed by atoms with Crippen LogP contribution in [-0.2, 0) is 4.79 Å². The monoisotopic (exact) mass is 332 g/mol. The lowest BCUT2D eigenvalue weighted by molar-refractivity contribution is -0.129. The molecule has 4 nitrogen and oxygen atoms in total. The van der Waals surface area contributed by atoms with Crippen LogP contribution in [0.2, 0.25) is 0 Å². The summed E-state index contributed by atoms with van der Waals surface area (Å²) in [7, 11) is 3.39. The predicted molar refractivity (Wildman–Crippen MR) is 76.9 cm³/mol. The minimum atomic E-state index is -0.0808. The molecule has 1 aromatic heterocycles. The molecule has 0 unspecified atom stereocenters. The van der Waals surface area contributed by atoms with E-state index in [1.807, 2.05) is 13.0 Å². The molecule has 0 aromatic carbocycles. The molecule has 0 radical (unpaired) electrons. The van der Waals surface area contributed by atoms with Crippen molar-refractivity contribution >= 4 is 39.1 Å². The smallest absolute Gasteiger partial charge is 0.264 e. The van der Waals surface area contributed by atoms with E-state index in [4.69, 9.17) is 0 Å².